The summed E-state index contributed by atoms with van der Waals surface area (Å²) in [7, 11) is -3.64. The molecule has 0 aromatic carbocycles. The molecule has 1 unspecified atom stereocenters. The second-order valence-electron chi connectivity index (χ2n) is 1.85. The van der Waals surface area contributed by atoms with Crippen LogP contribution in [0, 0.1) is 0 Å². The van der Waals surface area contributed by atoms with E-state index in [-0.39, 0.29) is 6.61 Å². The molecule has 1 aromatic rings. The van der Waals surface area contributed by atoms with Crippen LogP contribution in [0.3, 0.4) is 0 Å². The van der Waals surface area contributed by atoms with E-state index in [0.29, 0.717) is 0 Å². The Kier molecular flexibility index (Phi) is 2.44. The molecule has 1 N–H and O–H groups in total. The Morgan fingerprint density at radius 2 is 2.55 bits per heavy atom. The SMILES string of the molecule is CCOP(=O)(O)n1ccnc1. The van der Waals surface area contributed by atoms with Gasteiger partial charge in [-0.3, -0.25) is 4.52 Å². The van der Waals surface area contributed by atoms with E-state index in [0.717, 1.165) is 4.34 Å². The van der Waals surface area contributed by atoms with Gasteiger partial charge in [0.15, 0.2) is 0 Å². The minimum absolute atomic E-state index is 0.200. The van der Waals surface area contributed by atoms with Gasteiger partial charge in [0.2, 0.25) is 0 Å². The zero-order chi connectivity index (χ0) is 8.32. The number of hydrogen-bond donors (Lipinski definition) is 1. The molecule has 0 aliphatic heterocycles. The third kappa shape index (κ3) is 1.89. The summed E-state index contributed by atoms with van der Waals surface area (Å²) in [6.45, 7) is 1.85. The Morgan fingerprint density at radius 3 is 3.00 bits per heavy atom. The normalized spacial score (nSPS) is 16.2. The average Bonchev–Trinajstić information content (AvgIpc) is 2.37. The van der Waals surface area contributed by atoms with Crippen molar-refractivity contribution in [1.82, 2.24) is 9.32 Å². The van der Waals surface area contributed by atoms with Gasteiger partial charge in [0, 0.05) is 12.4 Å². The van der Waals surface area contributed by atoms with Crippen LogP contribution in [0.15, 0.2) is 18.7 Å². The maximum absolute atomic E-state index is 11.1. The van der Waals surface area contributed by atoms with Crippen molar-refractivity contribution in [3.05, 3.63) is 18.7 Å². The standard InChI is InChI=1S/C5H9N2O3P/c1-2-10-11(8,9)7-4-3-6-5-7/h3-5H,2H2,1H3,(H,8,9). The van der Waals surface area contributed by atoms with Gasteiger partial charge in [0.25, 0.3) is 0 Å². The Morgan fingerprint density at radius 1 is 1.82 bits per heavy atom. The quantitative estimate of drug-likeness (QED) is 0.694. The first-order valence-corrected chi connectivity index (χ1v) is 4.66. The molecule has 1 atom stereocenters. The molecule has 1 rings (SSSR count). The van der Waals surface area contributed by atoms with Crippen molar-refractivity contribution in [2.45, 2.75) is 6.92 Å². The predicted octanol–water partition coefficient (Wildman–Crippen LogP) is 0.868. The molecule has 62 valence electrons. The molecule has 5 nitrogen and oxygen atoms in total. The summed E-state index contributed by atoms with van der Waals surface area (Å²) in [4.78, 5) is 12.8. The summed E-state index contributed by atoms with van der Waals surface area (Å²) in [6.07, 6.45) is 4.05. The van der Waals surface area contributed by atoms with Crippen molar-refractivity contribution in [2.24, 2.45) is 0 Å². The molecule has 1 aromatic heterocycles. The van der Waals surface area contributed by atoms with Crippen molar-refractivity contribution in [3.8, 4) is 0 Å². The molecule has 0 spiro atoms. The van der Waals surface area contributed by atoms with Gasteiger partial charge in [-0.1, -0.05) is 0 Å². The van der Waals surface area contributed by atoms with Gasteiger partial charge in [0.1, 0.15) is 6.33 Å². The largest absolute Gasteiger partial charge is 0.437 e. The van der Waals surface area contributed by atoms with E-state index in [1.54, 1.807) is 6.92 Å². The summed E-state index contributed by atoms with van der Waals surface area (Å²) in [5.74, 6) is 0. The fraction of sp³-hybridized carbons (Fsp3) is 0.400. The highest BCUT2D eigenvalue weighted by molar-refractivity contribution is 7.51. The molecular formula is C5H9N2O3P. The highest BCUT2D eigenvalue weighted by Gasteiger charge is 2.19. The van der Waals surface area contributed by atoms with Crippen molar-refractivity contribution < 1.29 is 14.0 Å². The van der Waals surface area contributed by atoms with Crippen LogP contribution >= 0.6 is 7.75 Å². The van der Waals surface area contributed by atoms with Crippen LogP contribution < -0.4 is 0 Å². The van der Waals surface area contributed by atoms with Crippen LogP contribution in [0.25, 0.3) is 0 Å². The smallest absolute Gasteiger partial charge is 0.308 e. The molecule has 0 bridgehead atoms. The molecule has 11 heavy (non-hydrogen) atoms. The maximum atomic E-state index is 11.1. The summed E-state index contributed by atoms with van der Waals surface area (Å²) in [5.41, 5.74) is 0. The van der Waals surface area contributed by atoms with Gasteiger partial charge >= 0.3 is 7.75 Å². The fourth-order valence-corrected chi connectivity index (χ4v) is 1.52. The monoisotopic (exact) mass is 176 g/mol. The number of rotatable bonds is 3. The first kappa shape index (κ1) is 8.46. The second-order valence-corrected chi connectivity index (χ2v) is 3.55. The van der Waals surface area contributed by atoms with Gasteiger partial charge in [-0.2, -0.15) is 0 Å². The first-order valence-electron chi connectivity index (χ1n) is 3.13. The zero-order valence-electron chi connectivity index (χ0n) is 6.04. The van der Waals surface area contributed by atoms with Gasteiger partial charge < -0.3 is 4.89 Å². The number of imidazole rings is 1. The van der Waals surface area contributed by atoms with Crippen LogP contribution in [-0.2, 0) is 9.09 Å². The number of nitrogens with zero attached hydrogens (tertiary/aromatic N) is 2. The van der Waals surface area contributed by atoms with E-state index in [1.807, 2.05) is 0 Å². The number of aromatic nitrogens is 2. The van der Waals surface area contributed by atoms with Crippen LogP contribution in [0.1, 0.15) is 6.92 Å². The van der Waals surface area contributed by atoms with E-state index in [4.69, 9.17) is 4.89 Å². The Bertz CT molecular complexity index is 259. The van der Waals surface area contributed by atoms with E-state index in [1.165, 1.54) is 18.7 Å². The molecule has 0 fully saturated rings. The molecule has 0 aliphatic rings. The van der Waals surface area contributed by atoms with E-state index in [9.17, 15) is 4.57 Å². The van der Waals surface area contributed by atoms with Gasteiger partial charge in [-0.15, -0.1) is 0 Å². The first-order chi connectivity index (χ1) is 5.17. The van der Waals surface area contributed by atoms with Crippen LogP contribution in [0.5, 0.6) is 0 Å². The van der Waals surface area contributed by atoms with Crippen molar-refractivity contribution in [3.63, 3.8) is 0 Å². The van der Waals surface area contributed by atoms with E-state index < -0.39 is 7.75 Å². The summed E-state index contributed by atoms with van der Waals surface area (Å²) >= 11 is 0. The minimum atomic E-state index is -3.64. The molecule has 1 heterocycles. The maximum Gasteiger partial charge on any atom is 0.437 e. The second kappa shape index (κ2) is 3.17. The molecular weight excluding hydrogens is 167 g/mol. The lowest BCUT2D eigenvalue weighted by Gasteiger charge is -2.09. The van der Waals surface area contributed by atoms with Gasteiger partial charge in [0.05, 0.1) is 6.61 Å². The van der Waals surface area contributed by atoms with Crippen molar-refractivity contribution in [2.75, 3.05) is 6.61 Å². The van der Waals surface area contributed by atoms with Crippen LogP contribution in [0.2, 0.25) is 0 Å². The average molecular weight is 176 g/mol. The molecule has 0 radical (unpaired) electrons. The van der Waals surface area contributed by atoms with Crippen molar-refractivity contribution >= 4 is 7.75 Å². The Hall–Kier alpha value is -0.640. The topological polar surface area (TPSA) is 64.3 Å². The lowest BCUT2D eigenvalue weighted by atomic mass is 10.9. The number of hydrogen-bond acceptors (Lipinski definition) is 3. The highest BCUT2D eigenvalue weighted by Crippen LogP contribution is 2.42. The zero-order valence-corrected chi connectivity index (χ0v) is 6.94. The molecule has 0 saturated heterocycles. The van der Waals surface area contributed by atoms with E-state index in [2.05, 4.69) is 9.51 Å². The molecule has 0 amide bonds. The third-order valence-corrected chi connectivity index (χ3v) is 2.49. The lowest BCUT2D eigenvalue weighted by molar-refractivity contribution is 0.265. The third-order valence-electron chi connectivity index (χ3n) is 1.08. The van der Waals surface area contributed by atoms with Crippen molar-refractivity contribution in [1.29, 1.82) is 0 Å². The van der Waals surface area contributed by atoms with Gasteiger partial charge in [-0.25, -0.2) is 13.9 Å². The van der Waals surface area contributed by atoms with E-state index >= 15 is 0 Å². The molecule has 0 aliphatic carbocycles. The lowest BCUT2D eigenvalue weighted by Crippen LogP contribution is -1.97. The fourth-order valence-electron chi connectivity index (χ4n) is 0.636. The Labute approximate surface area is 64.2 Å². The minimum Gasteiger partial charge on any atom is -0.308 e. The van der Waals surface area contributed by atoms with Gasteiger partial charge in [-0.05, 0) is 6.92 Å². The molecule has 6 heteroatoms. The summed E-state index contributed by atoms with van der Waals surface area (Å²) in [5, 5.41) is 0. The summed E-state index contributed by atoms with van der Waals surface area (Å²) < 4.78 is 16.8. The predicted molar refractivity (Wildman–Crippen MR) is 39.1 cm³/mol. The summed E-state index contributed by atoms with van der Waals surface area (Å²) in [6, 6.07) is 0. The van der Waals surface area contributed by atoms with Crippen LogP contribution in [0.4, 0.5) is 0 Å². The molecule has 0 saturated carbocycles. The van der Waals surface area contributed by atoms with Crippen LogP contribution in [-0.4, -0.2) is 20.8 Å². The highest BCUT2D eigenvalue weighted by atomic mass is 31.2. The Balaban J connectivity index is 2.82.